The molecule has 0 aliphatic heterocycles. The smallest absolute Gasteiger partial charge is 0.0693 e. The summed E-state index contributed by atoms with van der Waals surface area (Å²) in [5, 5.41) is 9.51. The molecule has 0 atom stereocenters. The van der Waals surface area contributed by atoms with Gasteiger partial charge in [0.2, 0.25) is 0 Å². The van der Waals surface area contributed by atoms with Crippen LogP contribution in [0.2, 0.25) is 0 Å². The van der Waals surface area contributed by atoms with Crippen molar-refractivity contribution in [1.82, 2.24) is 0 Å². The Morgan fingerprint density at radius 1 is 1.18 bits per heavy atom. The molecule has 0 heterocycles. The van der Waals surface area contributed by atoms with E-state index in [1.807, 2.05) is 0 Å². The summed E-state index contributed by atoms with van der Waals surface area (Å²) >= 11 is 0. The molecule has 0 unspecified atom stereocenters. The molecule has 0 spiro atoms. The van der Waals surface area contributed by atoms with E-state index in [0.29, 0.717) is 0 Å². The first-order valence-corrected chi connectivity index (χ1v) is 6.63. The minimum Gasteiger partial charge on any atom is -0.198 e. The standard InChI is InChI=1S/C16H21N/c1-13-6-7-14(2)15(10-13)11-16(12-17)8-4-3-5-9-16/h6-7,10H,3-5,8-9,11H2,1-2H3. The molecule has 90 valence electrons. The van der Waals surface area contributed by atoms with Gasteiger partial charge in [-0.15, -0.1) is 0 Å². The Morgan fingerprint density at radius 3 is 2.53 bits per heavy atom. The molecule has 1 saturated carbocycles. The van der Waals surface area contributed by atoms with E-state index in [1.165, 1.54) is 36.0 Å². The van der Waals surface area contributed by atoms with Crippen molar-refractivity contribution in [2.45, 2.75) is 52.4 Å². The second-order valence-corrected chi connectivity index (χ2v) is 5.56. The average Bonchev–Trinajstić information content (AvgIpc) is 2.35. The van der Waals surface area contributed by atoms with Crippen molar-refractivity contribution in [3.63, 3.8) is 0 Å². The summed E-state index contributed by atoms with van der Waals surface area (Å²) in [7, 11) is 0. The largest absolute Gasteiger partial charge is 0.198 e. The zero-order chi connectivity index (χ0) is 12.3. The van der Waals surface area contributed by atoms with Crippen LogP contribution < -0.4 is 0 Å². The first-order chi connectivity index (χ1) is 8.15. The van der Waals surface area contributed by atoms with E-state index in [2.05, 4.69) is 38.1 Å². The summed E-state index contributed by atoms with van der Waals surface area (Å²) in [6.07, 6.45) is 6.85. The van der Waals surface area contributed by atoms with Crippen molar-refractivity contribution >= 4 is 0 Å². The maximum absolute atomic E-state index is 9.51. The molecule has 1 aromatic rings. The fourth-order valence-corrected chi connectivity index (χ4v) is 2.91. The summed E-state index contributed by atoms with van der Waals surface area (Å²) in [5.41, 5.74) is 3.91. The van der Waals surface area contributed by atoms with E-state index in [4.69, 9.17) is 0 Å². The molecule has 1 heteroatoms. The van der Waals surface area contributed by atoms with E-state index >= 15 is 0 Å². The fourth-order valence-electron chi connectivity index (χ4n) is 2.91. The van der Waals surface area contributed by atoms with Crippen LogP contribution in [0.1, 0.15) is 48.8 Å². The van der Waals surface area contributed by atoms with Gasteiger partial charge < -0.3 is 0 Å². The molecular weight excluding hydrogens is 206 g/mol. The van der Waals surface area contributed by atoms with Crippen LogP contribution in [-0.2, 0) is 6.42 Å². The Kier molecular flexibility index (Phi) is 3.52. The van der Waals surface area contributed by atoms with Crippen molar-refractivity contribution in [3.8, 4) is 6.07 Å². The van der Waals surface area contributed by atoms with Crippen LogP contribution in [0.25, 0.3) is 0 Å². The molecule has 1 aliphatic carbocycles. The number of nitriles is 1. The number of nitrogens with zero attached hydrogens (tertiary/aromatic N) is 1. The lowest BCUT2D eigenvalue weighted by molar-refractivity contribution is 0.265. The van der Waals surface area contributed by atoms with Crippen LogP contribution in [0.4, 0.5) is 0 Å². The van der Waals surface area contributed by atoms with Crippen LogP contribution >= 0.6 is 0 Å². The predicted octanol–water partition coefficient (Wildman–Crippen LogP) is 4.32. The van der Waals surface area contributed by atoms with Gasteiger partial charge in [-0.1, -0.05) is 43.0 Å². The lowest BCUT2D eigenvalue weighted by Crippen LogP contribution is -2.25. The maximum Gasteiger partial charge on any atom is 0.0693 e. The van der Waals surface area contributed by atoms with E-state index in [9.17, 15) is 5.26 Å². The quantitative estimate of drug-likeness (QED) is 0.738. The highest BCUT2D eigenvalue weighted by Crippen LogP contribution is 2.39. The van der Waals surface area contributed by atoms with Crippen LogP contribution in [0, 0.1) is 30.6 Å². The summed E-state index contributed by atoms with van der Waals surface area (Å²) in [4.78, 5) is 0. The third-order valence-electron chi connectivity index (χ3n) is 4.08. The minimum absolute atomic E-state index is 0.0865. The Hall–Kier alpha value is -1.29. The van der Waals surface area contributed by atoms with Crippen LogP contribution in [0.3, 0.4) is 0 Å². The van der Waals surface area contributed by atoms with Gasteiger partial charge in [-0.2, -0.15) is 5.26 Å². The predicted molar refractivity (Wildman–Crippen MR) is 70.8 cm³/mol. The molecule has 0 saturated heterocycles. The molecule has 1 nitrogen and oxygen atoms in total. The van der Waals surface area contributed by atoms with Gasteiger partial charge in [0.05, 0.1) is 11.5 Å². The molecule has 0 bridgehead atoms. The maximum atomic E-state index is 9.51. The summed E-state index contributed by atoms with van der Waals surface area (Å²) in [6, 6.07) is 9.20. The second-order valence-electron chi connectivity index (χ2n) is 5.56. The van der Waals surface area contributed by atoms with Gasteiger partial charge in [-0.05, 0) is 44.2 Å². The third kappa shape index (κ3) is 2.69. The van der Waals surface area contributed by atoms with Gasteiger partial charge >= 0.3 is 0 Å². The molecule has 0 aromatic heterocycles. The van der Waals surface area contributed by atoms with Crippen molar-refractivity contribution in [2.24, 2.45) is 5.41 Å². The Labute approximate surface area is 104 Å². The topological polar surface area (TPSA) is 23.8 Å². The highest BCUT2D eigenvalue weighted by atomic mass is 14.4. The second kappa shape index (κ2) is 4.92. The molecule has 17 heavy (non-hydrogen) atoms. The SMILES string of the molecule is Cc1ccc(C)c(CC2(C#N)CCCCC2)c1. The number of aryl methyl sites for hydroxylation is 2. The zero-order valence-electron chi connectivity index (χ0n) is 10.9. The highest BCUT2D eigenvalue weighted by molar-refractivity contribution is 5.32. The number of benzene rings is 1. The molecule has 0 radical (unpaired) electrons. The summed E-state index contributed by atoms with van der Waals surface area (Å²) < 4.78 is 0. The van der Waals surface area contributed by atoms with Gasteiger partial charge in [0, 0.05) is 0 Å². The normalized spacial score (nSPS) is 18.6. The van der Waals surface area contributed by atoms with E-state index < -0.39 is 0 Å². The van der Waals surface area contributed by atoms with E-state index in [0.717, 1.165) is 19.3 Å². The van der Waals surface area contributed by atoms with Crippen LogP contribution in [-0.4, -0.2) is 0 Å². The molecule has 1 aromatic carbocycles. The minimum atomic E-state index is -0.0865. The Balaban J connectivity index is 2.23. The number of hydrogen-bond acceptors (Lipinski definition) is 1. The Bertz CT molecular complexity index is 433. The zero-order valence-corrected chi connectivity index (χ0v) is 10.9. The van der Waals surface area contributed by atoms with Gasteiger partial charge in [0.1, 0.15) is 0 Å². The van der Waals surface area contributed by atoms with E-state index in [-0.39, 0.29) is 5.41 Å². The van der Waals surface area contributed by atoms with Crippen LogP contribution in [0.15, 0.2) is 18.2 Å². The van der Waals surface area contributed by atoms with Crippen molar-refractivity contribution in [2.75, 3.05) is 0 Å². The lowest BCUT2D eigenvalue weighted by atomic mass is 9.71. The van der Waals surface area contributed by atoms with Crippen molar-refractivity contribution < 1.29 is 0 Å². The molecular formula is C16H21N. The lowest BCUT2D eigenvalue weighted by Gasteiger charge is -2.31. The molecule has 1 aliphatic rings. The van der Waals surface area contributed by atoms with Crippen molar-refractivity contribution in [3.05, 3.63) is 34.9 Å². The van der Waals surface area contributed by atoms with Gasteiger partial charge in [-0.3, -0.25) is 0 Å². The van der Waals surface area contributed by atoms with E-state index in [1.54, 1.807) is 0 Å². The number of rotatable bonds is 2. The highest BCUT2D eigenvalue weighted by Gasteiger charge is 2.32. The summed E-state index contributed by atoms with van der Waals surface area (Å²) in [5.74, 6) is 0. The number of hydrogen-bond donors (Lipinski definition) is 0. The first kappa shape index (κ1) is 12.2. The van der Waals surface area contributed by atoms with Gasteiger partial charge in [-0.25, -0.2) is 0 Å². The van der Waals surface area contributed by atoms with Crippen LogP contribution in [0.5, 0.6) is 0 Å². The first-order valence-electron chi connectivity index (χ1n) is 6.63. The Morgan fingerprint density at radius 2 is 1.88 bits per heavy atom. The monoisotopic (exact) mass is 227 g/mol. The molecule has 1 fully saturated rings. The van der Waals surface area contributed by atoms with Crippen molar-refractivity contribution in [1.29, 1.82) is 5.26 Å². The summed E-state index contributed by atoms with van der Waals surface area (Å²) in [6.45, 7) is 4.28. The van der Waals surface area contributed by atoms with Gasteiger partial charge in [0.15, 0.2) is 0 Å². The van der Waals surface area contributed by atoms with Gasteiger partial charge in [0.25, 0.3) is 0 Å². The fraction of sp³-hybridized carbons (Fsp3) is 0.562. The molecule has 0 N–H and O–H groups in total. The average molecular weight is 227 g/mol. The third-order valence-corrected chi connectivity index (χ3v) is 4.08. The molecule has 2 rings (SSSR count). The molecule has 0 amide bonds.